The number of imide groups is 1. The van der Waals surface area contributed by atoms with E-state index in [-0.39, 0.29) is 13.0 Å². The van der Waals surface area contributed by atoms with Gasteiger partial charge < -0.3 is 9.47 Å². The summed E-state index contributed by atoms with van der Waals surface area (Å²) in [5.74, 6) is -0.772. The third-order valence-electron chi connectivity index (χ3n) is 3.80. The molecule has 6 nitrogen and oxygen atoms in total. The zero-order valence-electron chi connectivity index (χ0n) is 13.7. The molecular weight excluding hydrogens is 322 g/mol. The van der Waals surface area contributed by atoms with Gasteiger partial charge in [0.2, 0.25) is 0 Å². The van der Waals surface area contributed by atoms with Crippen molar-refractivity contribution in [2.45, 2.75) is 13.3 Å². The third kappa shape index (κ3) is 3.68. The molecule has 0 bridgehead atoms. The van der Waals surface area contributed by atoms with Gasteiger partial charge in [-0.1, -0.05) is 24.3 Å². The third-order valence-corrected chi connectivity index (χ3v) is 3.80. The summed E-state index contributed by atoms with van der Waals surface area (Å²) in [7, 11) is 0. The Morgan fingerprint density at radius 2 is 1.68 bits per heavy atom. The van der Waals surface area contributed by atoms with E-state index in [1.807, 2.05) is 25.1 Å². The summed E-state index contributed by atoms with van der Waals surface area (Å²) < 4.78 is 10.5. The Morgan fingerprint density at radius 3 is 2.32 bits per heavy atom. The number of esters is 1. The molecule has 6 heteroatoms. The molecule has 0 aromatic heterocycles. The normalized spacial score (nSPS) is 12.9. The van der Waals surface area contributed by atoms with Crippen LogP contribution in [0.25, 0.3) is 0 Å². The molecule has 0 atom stereocenters. The second-order valence-corrected chi connectivity index (χ2v) is 5.64. The molecule has 128 valence electrons. The summed E-state index contributed by atoms with van der Waals surface area (Å²) in [5.41, 5.74) is 1.71. The quantitative estimate of drug-likeness (QED) is 0.597. The lowest BCUT2D eigenvalue weighted by molar-refractivity contribution is -0.146. The number of amides is 2. The van der Waals surface area contributed by atoms with E-state index in [9.17, 15) is 14.4 Å². The van der Waals surface area contributed by atoms with Crippen LogP contribution in [0, 0.1) is 6.92 Å². The van der Waals surface area contributed by atoms with Gasteiger partial charge in [0.05, 0.1) is 24.2 Å². The Morgan fingerprint density at radius 1 is 1.00 bits per heavy atom. The van der Waals surface area contributed by atoms with Crippen LogP contribution in [-0.4, -0.2) is 36.0 Å². The minimum Gasteiger partial charge on any atom is -0.493 e. The molecule has 0 fully saturated rings. The van der Waals surface area contributed by atoms with Crippen LogP contribution >= 0.6 is 0 Å². The zero-order chi connectivity index (χ0) is 17.8. The summed E-state index contributed by atoms with van der Waals surface area (Å²) in [5, 5.41) is 0. The number of carbonyl (C=O) groups excluding carboxylic acids is 3. The predicted octanol–water partition coefficient (Wildman–Crippen LogP) is 2.56. The van der Waals surface area contributed by atoms with Crippen LogP contribution in [0.5, 0.6) is 5.75 Å². The number of fused-ring (bicyclic) bond motifs is 1. The van der Waals surface area contributed by atoms with Crippen molar-refractivity contribution in [1.29, 1.82) is 0 Å². The maximum atomic E-state index is 12.1. The lowest BCUT2D eigenvalue weighted by atomic mass is 10.1. The molecule has 2 aromatic carbocycles. The molecule has 2 amide bonds. The van der Waals surface area contributed by atoms with Gasteiger partial charge in [0.15, 0.2) is 6.73 Å². The van der Waals surface area contributed by atoms with Crippen LogP contribution in [0.2, 0.25) is 0 Å². The second kappa shape index (κ2) is 7.17. The van der Waals surface area contributed by atoms with Crippen molar-refractivity contribution >= 4 is 17.8 Å². The topological polar surface area (TPSA) is 72.9 Å². The first-order valence-corrected chi connectivity index (χ1v) is 7.86. The highest BCUT2D eigenvalue weighted by Crippen LogP contribution is 2.22. The van der Waals surface area contributed by atoms with Gasteiger partial charge in [0, 0.05) is 0 Å². The van der Waals surface area contributed by atoms with Crippen LogP contribution < -0.4 is 4.74 Å². The molecule has 2 aromatic rings. The molecule has 1 heterocycles. The largest absolute Gasteiger partial charge is 0.493 e. The summed E-state index contributed by atoms with van der Waals surface area (Å²) in [4.78, 5) is 37.0. The van der Waals surface area contributed by atoms with E-state index in [2.05, 4.69) is 0 Å². The van der Waals surface area contributed by atoms with Crippen molar-refractivity contribution in [3.8, 4) is 5.75 Å². The number of carbonyl (C=O) groups is 3. The van der Waals surface area contributed by atoms with Crippen molar-refractivity contribution in [2.75, 3.05) is 13.3 Å². The van der Waals surface area contributed by atoms with E-state index in [1.165, 1.54) is 0 Å². The van der Waals surface area contributed by atoms with Gasteiger partial charge in [0.1, 0.15) is 5.75 Å². The van der Waals surface area contributed by atoms with E-state index >= 15 is 0 Å². The first-order valence-electron chi connectivity index (χ1n) is 7.86. The van der Waals surface area contributed by atoms with Crippen LogP contribution in [0.1, 0.15) is 32.7 Å². The smallest absolute Gasteiger partial charge is 0.310 e. The highest BCUT2D eigenvalue weighted by atomic mass is 16.5. The number of ether oxygens (including phenoxy) is 2. The molecule has 0 unspecified atom stereocenters. The highest BCUT2D eigenvalue weighted by Gasteiger charge is 2.35. The first-order chi connectivity index (χ1) is 12.1. The average Bonchev–Trinajstić information content (AvgIpc) is 2.85. The Bertz CT molecular complexity index is 795. The molecule has 3 rings (SSSR count). The maximum absolute atomic E-state index is 12.1. The van der Waals surface area contributed by atoms with E-state index in [0.29, 0.717) is 16.9 Å². The molecule has 0 saturated heterocycles. The van der Waals surface area contributed by atoms with Gasteiger partial charge >= 0.3 is 5.97 Å². The van der Waals surface area contributed by atoms with Gasteiger partial charge in [-0.15, -0.1) is 0 Å². The van der Waals surface area contributed by atoms with E-state index in [1.54, 1.807) is 30.3 Å². The summed E-state index contributed by atoms with van der Waals surface area (Å²) in [6.07, 6.45) is 0.0249. The number of benzene rings is 2. The zero-order valence-corrected chi connectivity index (χ0v) is 13.7. The van der Waals surface area contributed by atoms with Gasteiger partial charge in [-0.25, -0.2) is 4.90 Å². The van der Waals surface area contributed by atoms with Crippen molar-refractivity contribution in [3.05, 3.63) is 65.2 Å². The Kier molecular flexibility index (Phi) is 4.79. The van der Waals surface area contributed by atoms with Crippen LogP contribution in [-0.2, 0) is 9.53 Å². The summed E-state index contributed by atoms with van der Waals surface area (Å²) in [6, 6.07) is 14.0. The van der Waals surface area contributed by atoms with E-state index < -0.39 is 24.5 Å². The van der Waals surface area contributed by atoms with Crippen LogP contribution in [0.3, 0.4) is 0 Å². The van der Waals surface area contributed by atoms with Crippen molar-refractivity contribution in [2.24, 2.45) is 0 Å². The predicted molar refractivity (Wildman–Crippen MR) is 89.2 cm³/mol. The fourth-order valence-electron chi connectivity index (χ4n) is 2.52. The SMILES string of the molecule is Cc1cccc(OCCC(=O)OCN2C(=O)c3ccccc3C2=O)c1. The lowest BCUT2D eigenvalue weighted by Gasteiger charge is -2.14. The maximum Gasteiger partial charge on any atom is 0.310 e. The Balaban J connectivity index is 1.47. The van der Waals surface area contributed by atoms with E-state index in [4.69, 9.17) is 9.47 Å². The second-order valence-electron chi connectivity index (χ2n) is 5.64. The fraction of sp³-hybridized carbons (Fsp3) is 0.211. The van der Waals surface area contributed by atoms with Gasteiger partial charge in [0.25, 0.3) is 11.8 Å². The number of nitrogens with zero attached hydrogens (tertiary/aromatic N) is 1. The molecule has 0 radical (unpaired) electrons. The first kappa shape index (κ1) is 16.7. The van der Waals surface area contributed by atoms with Crippen molar-refractivity contribution < 1.29 is 23.9 Å². The van der Waals surface area contributed by atoms with E-state index in [0.717, 1.165) is 10.5 Å². The molecule has 0 aliphatic carbocycles. The minimum absolute atomic E-state index is 0.0249. The highest BCUT2D eigenvalue weighted by molar-refractivity contribution is 6.21. The molecule has 0 spiro atoms. The Hall–Kier alpha value is -3.15. The van der Waals surface area contributed by atoms with Crippen LogP contribution in [0.4, 0.5) is 0 Å². The molecule has 1 aliphatic heterocycles. The summed E-state index contributed by atoms with van der Waals surface area (Å²) >= 11 is 0. The average molecular weight is 339 g/mol. The van der Waals surface area contributed by atoms with Crippen LogP contribution in [0.15, 0.2) is 48.5 Å². The molecule has 1 aliphatic rings. The Labute approximate surface area is 145 Å². The number of rotatable bonds is 6. The number of hydrogen-bond acceptors (Lipinski definition) is 5. The monoisotopic (exact) mass is 339 g/mol. The minimum atomic E-state index is -0.538. The van der Waals surface area contributed by atoms with Gasteiger partial charge in [-0.3, -0.25) is 14.4 Å². The lowest BCUT2D eigenvalue weighted by Crippen LogP contribution is -2.33. The number of hydrogen-bond donors (Lipinski definition) is 0. The molecular formula is C19H17NO5. The van der Waals surface area contributed by atoms with Crippen molar-refractivity contribution in [1.82, 2.24) is 4.90 Å². The molecule has 0 saturated carbocycles. The molecule has 0 N–H and O–H groups in total. The number of aryl methyl sites for hydroxylation is 1. The fourth-order valence-corrected chi connectivity index (χ4v) is 2.52. The standard InChI is InChI=1S/C19H17NO5/c1-13-5-4-6-14(11-13)24-10-9-17(21)25-12-20-18(22)15-7-2-3-8-16(15)19(20)23/h2-8,11H,9-10,12H2,1H3. The van der Waals surface area contributed by atoms with Crippen molar-refractivity contribution in [3.63, 3.8) is 0 Å². The van der Waals surface area contributed by atoms with Gasteiger partial charge in [-0.2, -0.15) is 0 Å². The summed E-state index contributed by atoms with van der Waals surface area (Å²) in [6.45, 7) is 1.71. The van der Waals surface area contributed by atoms with Gasteiger partial charge in [-0.05, 0) is 36.8 Å². The molecule has 25 heavy (non-hydrogen) atoms.